The van der Waals surface area contributed by atoms with E-state index < -0.39 is 0 Å². The van der Waals surface area contributed by atoms with Crippen LogP contribution in [0, 0.1) is 0 Å². The quantitative estimate of drug-likeness (QED) is 0.758. The Bertz CT molecular complexity index is 557. The summed E-state index contributed by atoms with van der Waals surface area (Å²) >= 11 is 0. The van der Waals surface area contributed by atoms with Crippen LogP contribution in [-0.4, -0.2) is 45.4 Å². The number of hydrogen-bond donors (Lipinski definition) is 0. The third-order valence-corrected chi connectivity index (χ3v) is 3.40. The van der Waals surface area contributed by atoms with Crippen LogP contribution in [0.1, 0.15) is 29.2 Å². The fraction of sp³-hybridized carbons (Fsp3) is 0.462. The lowest BCUT2D eigenvalue weighted by molar-refractivity contribution is 0.111. The average Bonchev–Trinajstić information content (AvgIpc) is 3.04. The lowest BCUT2D eigenvalue weighted by Crippen LogP contribution is -2.22. The predicted octanol–water partition coefficient (Wildman–Crippen LogP) is 1.18. The monoisotopic (exact) mass is 244 g/mol. The van der Waals surface area contributed by atoms with Crippen LogP contribution in [0.25, 0.3) is 5.65 Å². The zero-order chi connectivity index (χ0) is 12.4. The van der Waals surface area contributed by atoms with Gasteiger partial charge in [0.05, 0.1) is 0 Å². The average molecular weight is 244 g/mol. The number of rotatable bonds is 4. The zero-order valence-electron chi connectivity index (χ0n) is 10.2. The molecule has 1 aliphatic rings. The first kappa shape index (κ1) is 11.3. The molecule has 3 heterocycles. The highest BCUT2D eigenvalue weighted by molar-refractivity contribution is 5.73. The first-order chi connectivity index (χ1) is 8.86. The molecular weight excluding hydrogens is 228 g/mol. The second-order valence-corrected chi connectivity index (χ2v) is 4.67. The summed E-state index contributed by atoms with van der Waals surface area (Å²) in [5.74, 6) is 0.816. The van der Waals surface area contributed by atoms with Crippen molar-refractivity contribution < 1.29 is 4.79 Å². The molecule has 0 saturated carbocycles. The minimum absolute atomic E-state index is 0.549. The van der Waals surface area contributed by atoms with Crippen molar-refractivity contribution in [2.24, 2.45) is 0 Å². The van der Waals surface area contributed by atoms with Crippen LogP contribution in [0.4, 0.5) is 0 Å². The van der Waals surface area contributed by atoms with Gasteiger partial charge in [-0.05, 0) is 38.1 Å². The number of carbonyl (C=O) groups excluding carboxylic acids is 1. The van der Waals surface area contributed by atoms with Crippen molar-refractivity contribution >= 4 is 11.9 Å². The molecular formula is C13H16N4O. The van der Waals surface area contributed by atoms with E-state index in [1.807, 2.05) is 12.1 Å². The van der Waals surface area contributed by atoms with Crippen molar-refractivity contribution in [2.75, 3.05) is 19.6 Å². The molecule has 94 valence electrons. The number of carbonyl (C=O) groups is 1. The molecule has 0 atom stereocenters. The van der Waals surface area contributed by atoms with E-state index in [4.69, 9.17) is 0 Å². The number of hydrogen-bond acceptors (Lipinski definition) is 4. The highest BCUT2D eigenvalue weighted by Gasteiger charge is 2.13. The summed E-state index contributed by atoms with van der Waals surface area (Å²) < 4.78 is 1.62. The number of pyridine rings is 1. The number of nitrogens with zero attached hydrogens (tertiary/aromatic N) is 4. The number of aldehydes is 1. The van der Waals surface area contributed by atoms with Gasteiger partial charge in [0.1, 0.15) is 5.69 Å². The van der Waals surface area contributed by atoms with Crippen LogP contribution in [0.15, 0.2) is 18.2 Å². The molecule has 5 heteroatoms. The van der Waals surface area contributed by atoms with Crippen LogP contribution < -0.4 is 0 Å². The second-order valence-electron chi connectivity index (χ2n) is 4.67. The van der Waals surface area contributed by atoms with Crippen molar-refractivity contribution in [1.82, 2.24) is 19.5 Å². The SMILES string of the molecule is O=Cc1cccc2nc(CCN3CCCC3)nn12. The fourth-order valence-electron chi connectivity index (χ4n) is 2.43. The largest absolute Gasteiger partial charge is 0.303 e. The van der Waals surface area contributed by atoms with Gasteiger partial charge in [0, 0.05) is 13.0 Å². The number of aromatic nitrogens is 3. The van der Waals surface area contributed by atoms with Gasteiger partial charge in [0.2, 0.25) is 0 Å². The Morgan fingerprint density at radius 3 is 2.89 bits per heavy atom. The molecule has 2 aromatic rings. The summed E-state index contributed by atoms with van der Waals surface area (Å²) in [6.07, 6.45) is 4.26. The Kier molecular flexibility index (Phi) is 3.06. The van der Waals surface area contributed by atoms with E-state index >= 15 is 0 Å². The zero-order valence-corrected chi connectivity index (χ0v) is 10.2. The summed E-state index contributed by atoms with van der Waals surface area (Å²) in [5, 5.41) is 4.39. The summed E-state index contributed by atoms with van der Waals surface area (Å²) in [6, 6.07) is 5.45. The number of likely N-dealkylation sites (tertiary alicyclic amines) is 1. The minimum Gasteiger partial charge on any atom is -0.303 e. The van der Waals surface area contributed by atoms with Crippen LogP contribution in [0.5, 0.6) is 0 Å². The predicted molar refractivity (Wildman–Crippen MR) is 67.8 cm³/mol. The van der Waals surface area contributed by atoms with Crippen LogP contribution in [0.3, 0.4) is 0 Å². The summed E-state index contributed by atoms with van der Waals surface area (Å²) in [7, 11) is 0. The second kappa shape index (κ2) is 4.86. The van der Waals surface area contributed by atoms with Gasteiger partial charge in [0.15, 0.2) is 17.8 Å². The maximum atomic E-state index is 10.9. The van der Waals surface area contributed by atoms with Gasteiger partial charge < -0.3 is 4.90 Å². The van der Waals surface area contributed by atoms with E-state index in [-0.39, 0.29) is 0 Å². The van der Waals surface area contributed by atoms with Crippen molar-refractivity contribution in [3.8, 4) is 0 Å². The van der Waals surface area contributed by atoms with E-state index in [9.17, 15) is 4.79 Å². The molecule has 18 heavy (non-hydrogen) atoms. The molecule has 0 N–H and O–H groups in total. The maximum absolute atomic E-state index is 10.9. The van der Waals surface area contributed by atoms with E-state index in [1.165, 1.54) is 25.9 Å². The van der Waals surface area contributed by atoms with E-state index in [1.54, 1.807) is 10.6 Å². The smallest absolute Gasteiger partial charge is 0.168 e. The van der Waals surface area contributed by atoms with Crippen LogP contribution in [-0.2, 0) is 6.42 Å². The Morgan fingerprint density at radius 1 is 1.28 bits per heavy atom. The van der Waals surface area contributed by atoms with Gasteiger partial charge in [-0.25, -0.2) is 9.50 Å². The first-order valence-electron chi connectivity index (χ1n) is 6.39. The molecule has 3 rings (SSSR count). The molecule has 0 unspecified atom stereocenters. The third-order valence-electron chi connectivity index (χ3n) is 3.40. The normalized spacial score (nSPS) is 16.4. The van der Waals surface area contributed by atoms with Crippen LogP contribution >= 0.6 is 0 Å². The van der Waals surface area contributed by atoms with E-state index in [0.29, 0.717) is 5.69 Å². The Morgan fingerprint density at radius 2 is 2.11 bits per heavy atom. The standard InChI is InChI=1S/C13H16N4O/c18-10-11-4-3-5-13-14-12(15-17(11)13)6-9-16-7-1-2-8-16/h3-5,10H,1-2,6-9H2. The molecule has 0 amide bonds. The van der Waals surface area contributed by atoms with Gasteiger partial charge in [0.25, 0.3) is 0 Å². The van der Waals surface area contributed by atoms with Gasteiger partial charge in [-0.3, -0.25) is 4.79 Å². The molecule has 1 saturated heterocycles. The Balaban J connectivity index is 1.78. The number of fused-ring (bicyclic) bond motifs is 1. The molecule has 0 aromatic carbocycles. The van der Waals surface area contributed by atoms with Crippen molar-refractivity contribution in [3.05, 3.63) is 29.7 Å². The van der Waals surface area contributed by atoms with Crippen molar-refractivity contribution in [2.45, 2.75) is 19.3 Å². The molecule has 2 aromatic heterocycles. The lowest BCUT2D eigenvalue weighted by Gasteiger charge is -2.12. The van der Waals surface area contributed by atoms with Crippen molar-refractivity contribution in [1.29, 1.82) is 0 Å². The van der Waals surface area contributed by atoms with Crippen LogP contribution in [0.2, 0.25) is 0 Å². The highest BCUT2D eigenvalue weighted by atomic mass is 16.1. The molecule has 0 spiro atoms. The van der Waals surface area contributed by atoms with Gasteiger partial charge in [-0.15, -0.1) is 0 Å². The molecule has 1 aliphatic heterocycles. The lowest BCUT2D eigenvalue weighted by atomic mass is 10.4. The van der Waals surface area contributed by atoms with Gasteiger partial charge in [-0.2, -0.15) is 5.10 Å². The fourth-order valence-corrected chi connectivity index (χ4v) is 2.43. The minimum atomic E-state index is 0.549. The molecule has 1 fully saturated rings. The molecule has 0 aliphatic carbocycles. The summed E-state index contributed by atoms with van der Waals surface area (Å²) in [6.45, 7) is 3.38. The highest BCUT2D eigenvalue weighted by Crippen LogP contribution is 2.09. The topological polar surface area (TPSA) is 50.5 Å². The Hall–Kier alpha value is -1.75. The summed E-state index contributed by atoms with van der Waals surface area (Å²) in [4.78, 5) is 17.8. The van der Waals surface area contributed by atoms with Crippen molar-refractivity contribution in [3.63, 3.8) is 0 Å². The van der Waals surface area contributed by atoms with Gasteiger partial charge in [-0.1, -0.05) is 6.07 Å². The molecule has 5 nitrogen and oxygen atoms in total. The first-order valence-corrected chi connectivity index (χ1v) is 6.39. The maximum Gasteiger partial charge on any atom is 0.168 e. The summed E-state index contributed by atoms with van der Waals surface area (Å²) in [5.41, 5.74) is 1.29. The Labute approximate surface area is 105 Å². The third kappa shape index (κ3) is 2.13. The molecule has 0 radical (unpaired) electrons. The van der Waals surface area contributed by atoms with E-state index in [0.717, 1.165) is 30.7 Å². The van der Waals surface area contributed by atoms with E-state index in [2.05, 4.69) is 15.0 Å². The molecule has 0 bridgehead atoms. The van der Waals surface area contributed by atoms with Gasteiger partial charge >= 0.3 is 0 Å².